The van der Waals surface area contributed by atoms with Crippen molar-refractivity contribution in [3.8, 4) is 5.75 Å². The minimum absolute atomic E-state index is 0.0345. The highest BCUT2D eigenvalue weighted by Gasteiger charge is 2.30. The number of amides is 2. The Labute approximate surface area is 231 Å². The summed E-state index contributed by atoms with van der Waals surface area (Å²) in [5.41, 5.74) is 1.01. The van der Waals surface area contributed by atoms with Crippen molar-refractivity contribution in [2.75, 3.05) is 32.8 Å². The highest BCUT2D eigenvalue weighted by molar-refractivity contribution is 5.94. The second-order valence-electron chi connectivity index (χ2n) is 9.48. The number of carbonyl (C=O) groups is 4. The van der Waals surface area contributed by atoms with Gasteiger partial charge in [0.15, 0.2) is 23.2 Å². The number of rotatable bonds is 11. The van der Waals surface area contributed by atoms with Gasteiger partial charge in [0, 0.05) is 25.7 Å². The first kappa shape index (κ1) is 29.5. The van der Waals surface area contributed by atoms with Crippen LogP contribution in [0.4, 0.5) is 17.6 Å². The lowest BCUT2D eigenvalue weighted by molar-refractivity contribution is -0.143. The minimum atomic E-state index is -1.88. The van der Waals surface area contributed by atoms with Gasteiger partial charge >= 0.3 is 5.97 Å². The van der Waals surface area contributed by atoms with Crippen molar-refractivity contribution in [3.63, 3.8) is 0 Å². The van der Waals surface area contributed by atoms with Gasteiger partial charge in [-0.05, 0) is 22.4 Å². The van der Waals surface area contributed by atoms with Gasteiger partial charge in [0.05, 0.1) is 19.5 Å². The van der Waals surface area contributed by atoms with Crippen LogP contribution in [0.5, 0.6) is 5.75 Å². The molecule has 0 spiro atoms. The molecule has 0 saturated carbocycles. The number of aliphatic carboxylic acids is 1. The maximum absolute atomic E-state index is 13.8. The van der Waals surface area contributed by atoms with Crippen molar-refractivity contribution < 1.29 is 46.6 Å². The number of nitrogens with one attached hydrogen (secondary N) is 1. The normalized spacial score (nSPS) is 14.6. The number of carboxylic acid groups (broad SMARTS) is 1. The Hall–Kier alpha value is -4.52. The maximum Gasteiger partial charge on any atom is 0.305 e. The van der Waals surface area contributed by atoms with Gasteiger partial charge in [0.25, 0.3) is 0 Å². The van der Waals surface area contributed by atoms with Crippen LogP contribution in [0.2, 0.25) is 0 Å². The lowest BCUT2D eigenvalue weighted by Crippen LogP contribution is -2.54. The number of fused-ring (bicyclic) bond motifs is 1. The van der Waals surface area contributed by atoms with Crippen molar-refractivity contribution in [2.24, 2.45) is 0 Å². The number of Topliss-reactive ketones (excluding diaryl/α,β-unsaturated/α-hetero) is 1. The number of halogens is 4. The molecule has 41 heavy (non-hydrogen) atoms. The molecule has 1 aliphatic heterocycles. The number of ketones is 1. The number of carbonyl (C=O) groups excluding carboxylic acids is 3. The summed E-state index contributed by atoms with van der Waals surface area (Å²) >= 11 is 0. The highest BCUT2D eigenvalue weighted by Crippen LogP contribution is 2.26. The summed E-state index contributed by atoms with van der Waals surface area (Å²) in [5, 5.41) is 13.5. The Morgan fingerprint density at radius 2 is 1.63 bits per heavy atom. The smallest absolute Gasteiger partial charge is 0.305 e. The highest BCUT2D eigenvalue weighted by atomic mass is 19.2. The molecule has 1 unspecified atom stereocenters. The zero-order valence-electron chi connectivity index (χ0n) is 21.5. The fraction of sp³-hybridized carbons (Fsp3) is 0.286. The molecule has 1 heterocycles. The van der Waals surface area contributed by atoms with Gasteiger partial charge in [-0.15, -0.1) is 0 Å². The number of hydrogen-bond acceptors (Lipinski definition) is 6. The van der Waals surface area contributed by atoms with Gasteiger partial charge in [0.1, 0.15) is 12.6 Å². The summed E-state index contributed by atoms with van der Waals surface area (Å²) in [7, 11) is 0. The predicted molar refractivity (Wildman–Crippen MR) is 137 cm³/mol. The van der Waals surface area contributed by atoms with Crippen LogP contribution in [0.15, 0.2) is 48.5 Å². The van der Waals surface area contributed by atoms with Crippen LogP contribution in [-0.4, -0.2) is 77.3 Å². The summed E-state index contributed by atoms with van der Waals surface area (Å²) < 4.78 is 58.9. The molecule has 9 nitrogen and oxygen atoms in total. The van der Waals surface area contributed by atoms with Crippen molar-refractivity contribution in [1.82, 2.24) is 15.1 Å². The minimum Gasteiger partial charge on any atom is -0.481 e. The largest absolute Gasteiger partial charge is 0.481 e. The number of piperazine rings is 1. The SMILES string of the molecule is O=C(O)CC(NC(=O)CN1CCN(Cc2ccc3ccccc3c2)CC1=O)C(=O)COc1c(F)c(F)cc(F)c1F. The fourth-order valence-electron chi connectivity index (χ4n) is 4.41. The lowest BCUT2D eigenvalue weighted by Gasteiger charge is -2.34. The van der Waals surface area contributed by atoms with E-state index in [9.17, 15) is 36.7 Å². The second kappa shape index (κ2) is 12.8. The van der Waals surface area contributed by atoms with E-state index in [-0.39, 0.29) is 25.1 Å². The van der Waals surface area contributed by atoms with Crippen molar-refractivity contribution >= 4 is 34.3 Å². The van der Waals surface area contributed by atoms with Gasteiger partial charge in [-0.25, -0.2) is 8.78 Å². The Bertz CT molecular complexity index is 1470. The van der Waals surface area contributed by atoms with Crippen molar-refractivity contribution in [3.05, 3.63) is 77.4 Å². The first-order valence-electron chi connectivity index (χ1n) is 12.5. The van der Waals surface area contributed by atoms with Gasteiger partial charge in [-0.3, -0.25) is 24.1 Å². The Morgan fingerprint density at radius 1 is 0.951 bits per heavy atom. The lowest BCUT2D eigenvalue weighted by atomic mass is 10.1. The van der Waals surface area contributed by atoms with Gasteiger partial charge < -0.3 is 20.1 Å². The third-order valence-corrected chi connectivity index (χ3v) is 6.49. The molecule has 4 rings (SSSR count). The van der Waals surface area contributed by atoms with Crippen LogP contribution in [0.25, 0.3) is 10.8 Å². The van der Waals surface area contributed by atoms with Crippen LogP contribution < -0.4 is 10.1 Å². The van der Waals surface area contributed by atoms with E-state index in [1.54, 1.807) is 0 Å². The van der Waals surface area contributed by atoms with E-state index in [1.165, 1.54) is 4.90 Å². The monoisotopic (exact) mass is 575 g/mol. The molecule has 3 aromatic rings. The zero-order valence-corrected chi connectivity index (χ0v) is 21.5. The quantitative estimate of drug-likeness (QED) is 0.267. The van der Waals surface area contributed by atoms with E-state index < -0.39 is 72.3 Å². The van der Waals surface area contributed by atoms with E-state index in [0.29, 0.717) is 13.1 Å². The summed E-state index contributed by atoms with van der Waals surface area (Å²) in [5.74, 6) is -12.6. The number of ether oxygens (including phenoxy) is 1. The molecule has 1 fully saturated rings. The Kier molecular flexibility index (Phi) is 9.17. The number of nitrogens with zero attached hydrogens (tertiary/aromatic N) is 2. The molecule has 1 atom stereocenters. The molecule has 1 aliphatic rings. The number of carboxylic acids is 1. The molecule has 216 valence electrons. The molecule has 0 aliphatic carbocycles. The first-order chi connectivity index (χ1) is 19.5. The van der Waals surface area contributed by atoms with E-state index in [0.717, 1.165) is 16.3 Å². The van der Waals surface area contributed by atoms with Crippen LogP contribution in [0.3, 0.4) is 0 Å². The zero-order chi connectivity index (χ0) is 29.7. The van der Waals surface area contributed by atoms with E-state index in [2.05, 4.69) is 10.1 Å². The third-order valence-electron chi connectivity index (χ3n) is 6.49. The molecule has 0 bridgehead atoms. The molecular weight excluding hydrogens is 550 g/mol. The topological polar surface area (TPSA) is 116 Å². The van der Waals surface area contributed by atoms with Gasteiger partial charge in [0.2, 0.25) is 23.4 Å². The van der Waals surface area contributed by atoms with Crippen LogP contribution in [0, 0.1) is 23.3 Å². The molecule has 1 saturated heterocycles. The second-order valence-corrected chi connectivity index (χ2v) is 9.48. The molecule has 0 radical (unpaired) electrons. The van der Waals surface area contributed by atoms with E-state index in [1.807, 2.05) is 47.4 Å². The van der Waals surface area contributed by atoms with Crippen LogP contribution in [-0.2, 0) is 25.7 Å². The molecule has 0 aromatic heterocycles. The average Bonchev–Trinajstić information content (AvgIpc) is 2.92. The maximum atomic E-state index is 13.8. The summed E-state index contributed by atoms with van der Waals surface area (Å²) in [6.45, 7) is -0.454. The van der Waals surface area contributed by atoms with E-state index in [4.69, 9.17) is 5.11 Å². The third kappa shape index (κ3) is 7.37. The van der Waals surface area contributed by atoms with Gasteiger partial charge in [-0.2, -0.15) is 8.78 Å². The van der Waals surface area contributed by atoms with Crippen LogP contribution >= 0.6 is 0 Å². The predicted octanol–water partition coefficient (Wildman–Crippen LogP) is 2.65. The molecule has 2 amide bonds. The summed E-state index contributed by atoms with van der Waals surface area (Å²) in [4.78, 5) is 52.2. The summed E-state index contributed by atoms with van der Waals surface area (Å²) in [6, 6.07) is 12.1. The number of hydrogen-bond donors (Lipinski definition) is 2. The van der Waals surface area contributed by atoms with Gasteiger partial charge in [-0.1, -0.05) is 36.4 Å². The van der Waals surface area contributed by atoms with Crippen molar-refractivity contribution in [2.45, 2.75) is 19.0 Å². The molecule has 2 N–H and O–H groups in total. The Morgan fingerprint density at radius 3 is 2.29 bits per heavy atom. The average molecular weight is 576 g/mol. The fourth-order valence-corrected chi connectivity index (χ4v) is 4.41. The first-order valence-corrected chi connectivity index (χ1v) is 12.5. The van der Waals surface area contributed by atoms with Crippen LogP contribution in [0.1, 0.15) is 12.0 Å². The molecular formula is C28H25F4N3O6. The van der Waals surface area contributed by atoms with E-state index >= 15 is 0 Å². The molecule has 13 heteroatoms. The summed E-state index contributed by atoms with van der Waals surface area (Å²) in [6.07, 6.45) is -0.913. The molecule has 3 aromatic carbocycles. The number of benzene rings is 3. The van der Waals surface area contributed by atoms with Crippen molar-refractivity contribution in [1.29, 1.82) is 0 Å². The standard InChI is InChI=1S/C28H25F4N3O6/c29-19-10-20(30)27(32)28(26(19)31)41-15-22(36)21(11-25(39)40)33-23(37)13-35-8-7-34(14-24(35)38)12-16-5-6-17-3-1-2-4-18(17)9-16/h1-6,9-10,21H,7-8,11-15H2,(H,33,37)(H,39,40). The Balaban J connectivity index is 1.31.